The molecule has 0 fully saturated rings. The maximum atomic E-state index is 11.0. The lowest BCUT2D eigenvalue weighted by Gasteiger charge is -2.07. The van der Waals surface area contributed by atoms with E-state index < -0.39 is 16.8 Å². The first-order valence-electron chi connectivity index (χ1n) is 3.15. The lowest BCUT2D eigenvalue weighted by atomic mass is 10.5. The zero-order valence-electron chi connectivity index (χ0n) is 6.57. The normalized spacial score (nSPS) is 15.8. The van der Waals surface area contributed by atoms with E-state index in [0.717, 1.165) is 0 Å². The number of carboxylic acid groups (broad SMARTS) is 1. The van der Waals surface area contributed by atoms with Crippen LogP contribution in [0.4, 0.5) is 0 Å². The molecule has 0 aromatic heterocycles. The fourth-order valence-electron chi connectivity index (χ4n) is 0.575. The second kappa shape index (κ2) is 5.26. The molecule has 0 spiro atoms. The summed E-state index contributed by atoms with van der Waals surface area (Å²) in [5.41, 5.74) is 0. The molecule has 0 rings (SSSR count). The van der Waals surface area contributed by atoms with Gasteiger partial charge in [0.2, 0.25) is 0 Å². The van der Waals surface area contributed by atoms with Gasteiger partial charge in [-0.05, 0) is 6.92 Å². The molecule has 1 N–H and O–H groups in total. The van der Waals surface area contributed by atoms with Gasteiger partial charge in [0.15, 0.2) is 0 Å². The van der Waals surface area contributed by atoms with E-state index >= 15 is 0 Å². The van der Waals surface area contributed by atoms with Gasteiger partial charge in [0.1, 0.15) is 5.75 Å². The van der Waals surface area contributed by atoms with Crippen LogP contribution >= 0.6 is 0 Å². The maximum absolute atomic E-state index is 11.0. The topological polar surface area (TPSA) is 63.6 Å². The van der Waals surface area contributed by atoms with E-state index in [1.807, 2.05) is 0 Å². The van der Waals surface area contributed by atoms with E-state index in [9.17, 15) is 9.00 Å². The van der Waals surface area contributed by atoms with Crippen LogP contribution in [0.2, 0.25) is 0 Å². The third-order valence-corrected chi connectivity index (χ3v) is 2.68. The Morgan fingerprint density at radius 3 is 2.64 bits per heavy atom. The number of rotatable bonds is 5. The monoisotopic (exact) mass is 180 g/mol. The Morgan fingerprint density at radius 2 is 2.27 bits per heavy atom. The molecule has 2 atom stereocenters. The summed E-state index contributed by atoms with van der Waals surface area (Å²) in [5.74, 6) is -1.34. The summed E-state index contributed by atoms with van der Waals surface area (Å²) in [6.07, 6.45) is 0. The summed E-state index contributed by atoms with van der Waals surface area (Å²) in [7, 11) is 0.175. The first-order chi connectivity index (χ1) is 5.07. The smallest absolute Gasteiger partial charge is 0.316 e. The zero-order chi connectivity index (χ0) is 8.85. The Bertz CT molecular complexity index is 157. The molecule has 5 heteroatoms. The first kappa shape index (κ1) is 10.6. The highest BCUT2D eigenvalue weighted by Crippen LogP contribution is 1.95. The third-order valence-electron chi connectivity index (χ3n) is 1.12. The van der Waals surface area contributed by atoms with Crippen LogP contribution < -0.4 is 0 Å². The first-order valence-corrected chi connectivity index (χ1v) is 4.54. The van der Waals surface area contributed by atoms with Crippen LogP contribution in [0.3, 0.4) is 0 Å². The van der Waals surface area contributed by atoms with Gasteiger partial charge in [0.05, 0.1) is 11.9 Å². The zero-order valence-corrected chi connectivity index (χ0v) is 7.39. The van der Waals surface area contributed by atoms with Crippen molar-refractivity contribution in [3.8, 4) is 0 Å². The lowest BCUT2D eigenvalue weighted by molar-refractivity contribution is -0.133. The molecule has 0 aliphatic carbocycles. The number of carbonyl (C=O) groups is 1. The Balaban J connectivity index is 3.73. The molecule has 0 radical (unpaired) electrons. The molecule has 0 aromatic carbocycles. The average molecular weight is 180 g/mol. The van der Waals surface area contributed by atoms with Crippen LogP contribution in [0.25, 0.3) is 0 Å². The van der Waals surface area contributed by atoms with Gasteiger partial charge in [-0.2, -0.15) is 0 Å². The van der Waals surface area contributed by atoms with E-state index in [4.69, 9.17) is 9.84 Å². The van der Waals surface area contributed by atoms with Crippen molar-refractivity contribution in [1.29, 1.82) is 0 Å². The molecule has 0 aromatic rings. The van der Waals surface area contributed by atoms with Gasteiger partial charge in [0, 0.05) is 17.9 Å². The molecular weight excluding hydrogens is 168 g/mol. The van der Waals surface area contributed by atoms with Crippen molar-refractivity contribution < 1.29 is 18.8 Å². The minimum atomic E-state index is -1.32. The van der Waals surface area contributed by atoms with Gasteiger partial charge < -0.3 is 9.84 Å². The standard InChI is InChI=1S/C6H12O4S/c1-5(3-10-2)11(9)4-6(7)8/h5H,3-4H2,1-2H3,(H,7,8). The molecule has 0 aliphatic rings. The number of ether oxygens (including phenoxy) is 1. The van der Waals surface area contributed by atoms with Crippen molar-refractivity contribution in [3.05, 3.63) is 0 Å². The highest BCUT2D eigenvalue weighted by molar-refractivity contribution is 7.86. The molecule has 11 heavy (non-hydrogen) atoms. The second-order valence-electron chi connectivity index (χ2n) is 2.18. The molecule has 2 unspecified atom stereocenters. The Hall–Kier alpha value is -0.420. The van der Waals surface area contributed by atoms with Crippen molar-refractivity contribution >= 4 is 16.8 Å². The minimum absolute atomic E-state index is 0.212. The summed E-state index contributed by atoms with van der Waals surface area (Å²) < 4.78 is 15.7. The highest BCUT2D eigenvalue weighted by Gasteiger charge is 2.13. The summed E-state index contributed by atoms with van der Waals surface area (Å²) in [6, 6.07) is 0. The fourth-order valence-corrected chi connectivity index (χ4v) is 1.39. The summed E-state index contributed by atoms with van der Waals surface area (Å²) in [6.45, 7) is 2.03. The van der Waals surface area contributed by atoms with Gasteiger partial charge in [-0.1, -0.05) is 0 Å². The second-order valence-corrected chi connectivity index (χ2v) is 4.04. The SMILES string of the molecule is COCC(C)S(=O)CC(=O)O. The molecule has 0 saturated heterocycles. The molecule has 0 bridgehead atoms. The maximum Gasteiger partial charge on any atom is 0.316 e. The Kier molecular flexibility index (Phi) is 5.06. The number of methoxy groups -OCH3 is 1. The largest absolute Gasteiger partial charge is 0.481 e. The van der Waals surface area contributed by atoms with E-state index in [1.165, 1.54) is 7.11 Å². The summed E-state index contributed by atoms with van der Waals surface area (Å²) in [5, 5.41) is 8.06. The molecule has 0 saturated carbocycles. The number of carboxylic acids is 1. The predicted molar refractivity (Wildman–Crippen MR) is 42.0 cm³/mol. The van der Waals surface area contributed by atoms with Crippen molar-refractivity contribution in [2.75, 3.05) is 19.5 Å². The van der Waals surface area contributed by atoms with Crippen LogP contribution in [-0.2, 0) is 20.3 Å². The number of hydrogen-bond acceptors (Lipinski definition) is 3. The summed E-state index contributed by atoms with van der Waals surface area (Å²) >= 11 is 0. The van der Waals surface area contributed by atoms with Gasteiger partial charge in [-0.3, -0.25) is 9.00 Å². The Morgan fingerprint density at radius 1 is 1.73 bits per heavy atom. The average Bonchev–Trinajstić information content (AvgIpc) is 1.86. The lowest BCUT2D eigenvalue weighted by Crippen LogP contribution is -2.23. The van der Waals surface area contributed by atoms with Crippen LogP contribution in [0, 0.1) is 0 Å². The summed E-state index contributed by atoms with van der Waals surface area (Å²) in [4.78, 5) is 10.1. The van der Waals surface area contributed by atoms with Gasteiger partial charge >= 0.3 is 5.97 Å². The molecule has 4 nitrogen and oxygen atoms in total. The molecular formula is C6H12O4S. The van der Waals surface area contributed by atoms with E-state index in [1.54, 1.807) is 6.92 Å². The fraction of sp³-hybridized carbons (Fsp3) is 0.833. The van der Waals surface area contributed by atoms with Gasteiger partial charge in [-0.15, -0.1) is 0 Å². The van der Waals surface area contributed by atoms with Crippen molar-refractivity contribution in [2.24, 2.45) is 0 Å². The third kappa shape index (κ3) is 4.92. The van der Waals surface area contributed by atoms with Crippen LogP contribution in [-0.4, -0.2) is 40.0 Å². The van der Waals surface area contributed by atoms with Crippen LogP contribution in [0.1, 0.15) is 6.92 Å². The van der Waals surface area contributed by atoms with E-state index in [2.05, 4.69) is 0 Å². The van der Waals surface area contributed by atoms with Crippen molar-refractivity contribution in [2.45, 2.75) is 12.2 Å². The molecule has 66 valence electrons. The molecule has 0 heterocycles. The van der Waals surface area contributed by atoms with Crippen LogP contribution in [0.5, 0.6) is 0 Å². The predicted octanol–water partition coefficient (Wildman–Crippen LogP) is -0.145. The van der Waals surface area contributed by atoms with Crippen molar-refractivity contribution in [1.82, 2.24) is 0 Å². The number of aliphatic carboxylic acids is 1. The van der Waals surface area contributed by atoms with E-state index in [-0.39, 0.29) is 11.0 Å². The van der Waals surface area contributed by atoms with Crippen molar-refractivity contribution in [3.63, 3.8) is 0 Å². The quantitative estimate of drug-likeness (QED) is 0.639. The van der Waals surface area contributed by atoms with Gasteiger partial charge in [-0.25, -0.2) is 0 Å². The highest BCUT2D eigenvalue weighted by atomic mass is 32.2. The van der Waals surface area contributed by atoms with Crippen LogP contribution in [0.15, 0.2) is 0 Å². The van der Waals surface area contributed by atoms with E-state index in [0.29, 0.717) is 6.61 Å². The molecule has 0 aliphatic heterocycles. The van der Waals surface area contributed by atoms with Gasteiger partial charge in [0.25, 0.3) is 0 Å². The minimum Gasteiger partial charge on any atom is -0.481 e. The Labute approximate surface area is 68.0 Å². The number of hydrogen-bond donors (Lipinski definition) is 1. The molecule has 0 amide bonds.